The molecule has 11 rings (SSSR count). The monoisotopic (exact) mass is 1040 g/mol. The Morgan fingerprint density at radius 1 is 0.947 bits per heavy atom. The molecule has 392 valence electrons. The standard InChI is InChI=1S/C56H63FN10O7S/c1-31(2)48(55(71)67-28-41(69)23-45(67)54(70)60-32(3)35-9-11-36(12-10-35)52-33(4)59-30-75-52)46-24-47(64-74-46)73-29-34-15-17-65(18-16-34)19-20-72-56-62-51-44(53(63-56)66-26-38-13-14-39(27-66)61-38)25-58-50(49(51)57)43-22-40(68)21-37-7-5-6-8-42(37)43/h5-12,21-22,24-25,30-32,34,38-39,41,45,48,61,68-69H,13-20,23,26-29H2,1-4H3,(H,60,70)/t32-,38?,39?,41+,45-,48+/m0/s1. The van der Waals surface area contributed by atoms with Gasteiger partial charge >= 0.3 is 6.01 Å². The average Bonchev–Trinajstić information content (AvgIpc) is 4.23. The van der Waals surface area contributed by atoms with Gasteiger partial charge in [-0.25, -0.2) is 9.37 Å². The summed E-state index contributed by atoms with van der Waals surface area (Å²) in [6.45, 7) is 12.2. The number of likely N-dealkylation sites (tertiary alicyclic amines) is 2. The second-order valence-corrected chi connectivity index (χ2v) is 21.9. The predicted octanol–water partition coefficient (Wildman–Crippen LogP) is 7.80. The molecule has 6 atom stereocenters. The first-order valence-electron chi connectivity index (χ1n) is 26.2. The first kappa shape index (κ1) is 50.4. The third-order valence-corrected chi connectivity index (χ3v) is 16.4. The van der Waals surface area contributed by atoms with E-state index in [2.05, 4.69) is 40.5 Å². The fourth-order valence-electron chi connectivity index (χ4n) is 11.4. The van der Waals surface area contributed by atoms with E-state index < -0.39 is 23.9 Å². The molecule has 4 aliphatic heterocycles. The van der Waals surface area contributed by atoms with Gasteiger partial charge in [0.2, 0.25) is 11.8 Å². The van der Waals surface area contributed by atoms with Crippen molar-refractivity contribution in [3.63, 3.8) is 0 Å². The number of carbonyl (C=O) groups is 2. The summed E-state index contributed by atoms with van der Waals surface area (Å²) >= 11 is 1.58. The SMILES string of the molecule is Cc1ncsc1-c1ccc([C@H](C)NC(=O)[C@@H]2C[C@@H](O)CN2C(=O)[C@@H](c2cc(OCC3CCN(CCOc4nc(N5CC6CCC(C5)N6)c5cnc(-c6cc(O)cc7ccccc67)c(F)c5n4)CC3)no2)C(C)C)cc1. The van der Waals surface area contributed by atoms with E-state index >= 15 is 4.39 Å². The first-order valence-corrected chi connectivity index (χ1v) is 27.0. The molecule has 4 saturated heterocycles. The number of fused-ring (bicyclic) bond motifs is 4. The molecule has 3 aromatic carbocycles. The Bertz CT molecular complexity index is 3190. The number of rotatable bonds is 16. The number of nitrogens with zero attached hydrogens (tertiary/aromatic N) is 8. The molecule has 4 fully saturated rings. The van der Waals surface area contributed by atoms with Gasteiger partial charge in [0.15, 0.2) is 11.6 Å². The number of phenolic OH excluding ortho intramolecular Hbond substituents is 1. The van der Waals surface area contributed by atoms with Crippen molar-refractivity contribution in [2.24, 2.45) is 11.8 Å². The van der Waals surface area contributed by atoms with Crippen molar-refractivity contribution < 1.29 is 38.2 Å². The highest BCUT2D eigenvalue weighted by atomic mass is 32.1. The van der Waals surface area contributed by atoms with Crippen LogP contribution >= 0.6 is 11.3 Å². The molecule has 75 heavy (non-hydrogen) atoms. The average molecular weight is 1040 g/mol. The summed E-state index contributed by atoms with van der Waals surface area (Å²) in [4.78, 5) is 53.7. The number of piperazine rings is 1. The normalized spacial score (nSPS) is 21.1. The third kappa shape index (κ3) is 10.6. The molecule has 4 aliphatic rings. The molecule has 2 bridgehead atoms. The number of amides is 2. The fraction of sp³-hybridized carbons (Fsp3) is 0.446. The van der Waals surface area contributed by atoms with Gasteiger partial charge in [0.25, 0.3) is 5.88 Å². The van der Waals surface area contributed by atoms with Crippen molar-refractivity contribution >= 4 is 50.6 Å². The Labute approximate surface area is 438 Å². The van der Waals surface area contributed by atoms with Gasteiger partial charge < -0.3 is 44.6 Å². The molecule has 17 nitrogen and oxygen atoms in total. The van der Waals surface area contributed by atoms with Crippen molar-refractivity contribution in [2.45, 2.75) is 96.0 Å². The van der Waals surface area contributed by atoms with E-state index in [1.807, 2.05) is 81.7 Å². The largest absolute Gasteiger partial charge is 0.508 e. The molecule has 0 aliphatic carbocycles. The number of pyridine rings is 1. The topological polar surface area (TPSA) is 204 Å². The number of phenols is 1. The summed E-state index contributed by atoms with van der Waals surface area (Å²) in [6, 6.07) is 20.0. The Hall–Kier alpha value is -6.80. The number of aromatic nitrogens is 5. The molecule has 0 saturated carbocycles. The lowest BCUT2D eigenvalue weighted by atomic mass is 9.91. The lowest BCUT2D eigenvalue weighted by Gasteiger charge is -2.34. The number of nitrogens with one attached hydrogen (secondary N) is 2. The maximum absolute atomic E-state index is 16.9. The summed E-state index contributed by atoms with van der Waals surface area (Å²) in [5.41, 5.74) is 5.47. The minimum Gasteiger partial charge on any atom is -0.508 e. The molecular formula is C56H63FN10O7S. The van der Waals surface area contributed by atoms with Gasteiger partial charge in [-0.2, -0.15) is 9.97 Å². The lowest BCUT2D eigenvalue weighted by Crippen LogP contribution is -2.51. The van der Waals surface area contributed by atoms with E-state index in [-0.39, 0.29) is 65.6 Å². The number of hydrogen-bond acceptors (Lipinski definition) is 16. The van der Waals surface area contributed by atoms with Crippen LogP contribution in [-0.2, 0) is 9.59 Å². The zero-order chi connectivity index (χ0) is 51.9. The van der Waals surface area contributed by atoms with Crippen LogP contribution in [0.3, 0.4) is 0 Å². The molecule has 2 unspecified atom stereocenters. The number of halogens is 1. The molecule has 0 spiro atoms. The number of aliphatic hydroxyl groups is 1. The summed E-state index contributed by atoms with van der Waals surface area (Å²) in [7, 11) is 0. The molecule has 7 aromatic rings. The minimum absolute atomic E-state index is 0.0196. The summed E-state index contributed by atoms with van der Waals surface area (Å²) in [5, 5.41) is 34.3. The van der Waals surface area contributed by atoms with E-state index in [0.717, 1.165) is 84.3 Å². The van der Waals surface area contributed by atoms with Crippen LogP contribution in [0.1, 0.15) is 81.9 Å². The number of anilines is 1. The predicted molar refractivity (Wildman–Crippen MR) is 283 cm³/mol. The van der Waals surface area contributed by atoms with E-state index in [0.29, 0.717) is 60.2 Å². The number of β-amino-alcohol motifs (C(OH)–C–C–N with tert-alkyl or cyclic N) is 1. The Kier molecular flexibility index (Phi) is 14.4. The lowest BCUT2D eigenvalue weighted by molar-refractivity contribution is -0.141. The molecule has 0 radical (unpaired) electrons. The Balaban J connectivity index is 0.692. The van der Waals surface area contributed by atoms with Crippen molar-refractivity contribution in [3.05, 3.63) is 101 Å². The second-order valence-electron chi connectivity index (χ2n) is 21.0. The Morgan fingerprint density at radius 3 is 2.47 bits per heavy atom. The summed E-state index contributed by atoms with van der Waals surface area (Å²) < 4.78 is 35.1. The first-order chi connectivity index (χ1) is 36.3. The molecule has 8 heterocycles. The van der Waals surface area contributed by atoms with Crippen LogP contribution in [0.25, 0.3) is 43.4 Å². The van der Waals surface area contributed by atoms with Gasteiger partial charge in [0.05, 0.1) is 40.2 Å². The number of ether oxygens (including phenoxy) is 2. The van der Waals surface area contributed by atoms with Crippen LogP contribution in [0.15, 0.2) is 83.0 Å². The quantitative estimate of drug-likeness (QED) is 0.0729. The molecule has 4 aromatic heterocycles. The molecule has 2 amide bonds. The van der Waals surface area contributed by atoms with E-state index in [9.17, 15) is 19.8 Å². The number of piperidine rings is 1. The van der Waals surface area contributed by atoms with Crippen molar-refractivity contribution in [2.75, 3.05) is 57.4 Å². The van der Waals surface area contributed by atoms with Crippen LogP contribution in [-0.4, -0.2) is 134 Å². The minimum atomic E-state index is -0.848. The maximum atomic E-state index is 16.9. The zero-order valence-corrected chi connectivity index (χ0v) is 43.4. The zero-order valence-electron chi connectivity index (χ0n) is 42.6. The Morgan fingerprint density at radius 2 is 1.72 bits per heavy atom. The number of thiazole rings is 1. The number of carbonyl (C=O) groups excluding carboxylic acids is 2. The fourth-order valence-corrected chi connectivity index (χ4v) is 12.2. The van der Waals surface area contributed by atoms with Crippen LogP contribution in [0.2, 0.25) is 0 Å². The van der Waals surface area contributed by atoms with Gasteiger partial charge in [-0.3, -0.25) is 19.5 Å². The molecule has 19 heteroatoms. The number of benzene rings is 3. The van der Waals surface area contributed by atoms with Crippen LogP contribution in [0, 0.1) is 24.6 Å². The molecule has 4 N–H and O–H groups in total. The van der Waals surface area contributed by atoms with Crippen LogP contribution < -0.4 is 25.0 Å². The van der Waals surface area contributed by atoms with Crippen molar-refractivity contribution in [3.8, 4) is 39.3 Å². The highest BCUT2D eigenvalue weighted by Gasteiger charge is 2.44. The van der Waals surface area contributed by atoms with Gasteiger partial charge in [0, 0.05) is 62.5 Å². The molecular weight excluding hydrogens is 976 g/mol. The summed E-state index contributed by atoms with van der Waals surface area (Å²) in [6.07, 6.45) is 4.83. The number of aromatic hydroxyl groups is 1. The van der Waals surface area contributed by atoms with E-state index in [4.69, 9.17) is 19.0 Å². The smallest absolute Gasteiger partial charge is 0.319 e. The van der Waals surface area contributed by atoms with Gasteiger partial charge in [-0.05, 0) is 104 Å². The van der Waals surface area contributed by atoms with Crippen molar-refractivity contribution in [1.82, 2.24) is 45.5 Å². The highest BCUT2D eigenvalue weighted by Crippen LogP contribution is 2.39. The highest BCUT2D eigenvalue weighted by molar-refractivity contribution is 7.13. The maximum Gasteiger partial charge on any atom is 0.319 e. The van der Waals surface area contributed by atoms with Crippen LogP contribution in [0.4, 0.5) is 10.2 Å². The number of hydrogen-bond donors (Lipinski definition) is 4. The van der Waals surface area contributed by atoms with Gasteiger partial charge in [0.1, 0.15) is 41.3 Å². The van der Waals surface area contributed by atoms with E-state index in [1.165, 1.54) is 11.0 Å². The summed E-state index contributed by atoms with van der Waals surface area (Å²) in [5.74, 6) is -0.669. The number of aryl methyl sites for hydroxylation is 1. The van der Waals surface area contributed by atoms with Gasteiger partial charge in [-0.15, -0.1) is 11.3 Å². The van der Waals surface area contributed by atoms with E-state index in [1.54, 1.807) is 29.7 Å². The second kappa shape index (κ2) is 21.4. The third-order valence-electron chi connectivity index (χ3n) is 15.5. The van der Waals surface area contributed by atoms with Gasteiger partial charge in [-0.1, -0.05) is 62.4 Å². The van der Waals surface area contributed by atoms with Crippen molar-refractivity contribution in [1.29, 1.82) is 0 Å². The number of aliphatic hydroxyl groups excluding tert-OH is 1. The van der Waals surface area contributed by atoms with Crippen LogP contribution in [0.5, 0.6) is 17.6 Å².